The molecular weight excluding hydrogens is 312 g/mol. The average molecular weight is 342 g/mol. The average Bonchev–Trinajstić information content (AvgIpc) is 2.60. The molecule has 0 bridgehead atoms. The van der Waals surface area contributed by atoms with Crippen LogP contribution in [0.25, 0.3) is 22.3 Å². The standard InChI is InChI=1S/C26H29/c1-25(2,3)23-18-12-17-22(24(23)26(4,5)6)21-16-11-10-15-20(21)19-13-8-7-9-14-19/h7-14,16-18H,1-6H3. The van der Waals surface area contributed by atoms with E-state index in [4.69, 9.17) is 0 Å². The molecular formula is C26H29. The van der Waals surface area contributed by atoms with Gasteiger partial charge >= 0.3 is 0 Å². The fourth-order valence-corrected chi connectivity index (χ4v) is 3.71. The highest BCUT2D eigenvalue weighted by Crippen LogP contribution is 2.42. The first kappa shape index (κ1) is 18.5. The SMILES string of the molecule is CC(C)(C)c1cccc(-c2ccc[c]c2-c2ccccc2)c1C(C)(C)C. The highest BCUT2D eigenvalue weighted by atomic mass is 14.3. The summed E-state index contributed by atoms with van der Waals surface area (Å²) in [4.78, 5) is 0. The molecule has 3 aromatic rings. The van der Waals surface area contributed by atoms with Gasteiger partial charge in [-0.05, 0) is 50.3 Å². The van der Waals surface area contributed by atoms with Gasteiger partial charge in [-0.25, -0.2) is 0 Å². The van der Waals surface area contributed by atoms with E-state index in [9.17, 15) is 0 Å². The summed E-state index contributed by atoms with van der Waals surface area (Å²) < 4.78 is 0. The van der Waals surface area contributed by atoms with Gasteiger partial charge in [-0.3, -0.25) is 0 Å². The smallest absolute Gasteiger partial charge is 0.00265 e. The molecule has 0 heteroatoms. The van der Waals surface area contributed by atoms with Gasteiger partial charge in [-0.15, -0.1) is 0 Å². The molecule has 3 rings (SSSR count). The van der Waals surface area contributed by atoms with Crippen molar-refractivity contribution in [3.63, 3.8) is 0 Å². The molecule has 0 fully saturated rings. The molecule has 0 aliphatic heterocycles. The van der Waals surface area contributed by atoms with E-state index in [0.717, 1.165) is 0 Å². The van der Waals surface area contributed by atoms with Gasteiger partial charge in [0.1, 0.15) is 0 Å². The van der Waals surface area contributed by atoms with Crippen molar-refractivity contribution in [3.8, 4) is 22.3 Å². The Balaban J connectivity index is 2.34. The second-order valence-electron chi connectivity index (χ2n) is 9.05. The molecule has 0 nitrogen and oxygen atoms in total. The summed E-state index contributed by atoms with van der Waals surface area (Å²) in [6, 6.07) is 27.2. The minimum atomic E-state index is 0.0585. The molecule has 0 aliphatic carbocycles. The number of hydrogen-bond donors (Lipinski definition) is 0. The summed E-state index contributed by atoms with van der Waals surface area (Å²) in [5, 5.41) is 0. The zero-order chi connectivity index (χ0) is 18.9. The summed E-state index contributed by atoms with van der Waals surface area (Å²) in [6.45, 7) is 13.9. The molecule has 0 saturated carbocycles. The first-order valence-electron chi connectivity index (χ1n) is 9.40. The molecule has 0 heterocycles. The molecule has 1 radical (unpaired) electrons. The van der Waals surface area contributed by atoms with E-state index in [-0.39, 0.29) is 10.8 Å². The minimum absolute atomic E-state index is 0.0585. The number of benzene rings is 3. The summed E-state index contributed by atoms with van der Waals surface area (Å²) in [5.41, 5.74) is 7.98. The lowest BCUT2D eigenvalue weighted by Gasteiger charge is -2.33. The Morgan fingerprint density at radius 1 is 0.615 bits per heavy atom. The molecule has 0 saturated heterocycles. The lowest BCUT2D eigenvalue weighted by Crippen LogP contribution is -2.23. The van der Waals surface area contributed by atoms with Gasteiger partial charge in [0.15, 0.2) is 0 Å². The summed E-state index contributed by atoms with van der Waals surface area (Å²) in [6.07, 6.45) is 0. The Labute approximate surface area is 158 Å². The molecule has 0 aliphatic rings. The number of rotatable bonds is 2. The predicted octanol–water partition coefficient (Wildman–Crippen LogP) is 7.42. The molecule has 0 aromatic heterocycles. The molecule has 0 N–H and O–H groups in total. The molecule has 133 valence electrons. The van der Waals surface area contributed by atoms with Crippen molar-refractivity contribution in [1.29, 1.82) is 0 Å². The summed E-state index contributed by atoms with van der Waals surface area (Å²) >= 11 is 0. The highest BCUT2D eigenvalue weighted by Gasteiger charge is 2.28. The van der Waals surface area contributed by atoms with E-state index in [1.54, 1.807) is 0 Å². The Kier molecular flexibility index (Phi) is 4.80. The third-order valence-electron chi connectivity index (χ3n) is 4.83. The van der Waals surface area contributed by atoms with Crippen molar-refractivity contribution in [2.45, 2.75) is 52.4 Å². The van der Waals surface area contributed by atoms with Crippen LogP contribution in [-0.2, 0) is 10.8 Å². The van der Waals surface area contributed by atoms with E-state index < -0.39 is 0 Å². The van der Waals surface area contributed by atoms with Crippen LogP contribution in [-0.4, -0.2) is 0 Å². The largest absolute Gasteiger partial charge is 0.0622 e. The second kappa shape index (κ2) is 6.76. The predicted molar refractivity (Wildman–Crippen MR) is 114 cm³/mol. The van der Waals surface area contributed by atoms with Crippen LogP contribution in [0.4, 0.5) is 0 Å². The van der Waals surface area contributed by atoms with Crippen molar-refractivity contribution in [3.05, 3.63) is 83.9 Å². The fourth-order valence-electron chi connectivity index (χ4n) is 3.71. The van der Waals surface area contributed by atoms with Crippen molar-refractivity contribution in [1.82, 2.24) is 0 Å². The Morgan fingerprint density at radius 2 is 1.27 bits per heavy atom. The molecule has 0 atom stereocenters. The van der Waals surface area contributed by atoms with Crippen molar-refractivity contribution in [2.24, 2.45) is 0 Å². The maximum absolute atomic E-state index is 3.49. The normalized spacial score (nSPS) is 12.2. The summed E-state index contributed by atoms with van der Waals surface area (Å²) in [7, 11) is 0. The van der Waals surface area contributed by atoms with Gasteiger partial charge in [-0.2, -0.15) is 0 Å². The van der Waals surface area contributed by atoms with Gasteiger partial charge in [0.25, 0.3) is 0 Å². The maximum atomic E-state index is 3.49. The first-order chi connectivity index (χ1) is 12.2. The Bertz CT molecular complexity index is 887. The van der Waals surface area contributed by atoms with Crippen LogP contribution >= 0.6 is 0 Å². The van der Waals surface area contributed by atoms with Crippen LogP contribution in [0.5, 0.6) is 0 Å². The third kappa shape index (κ3) is 3.60. The second-order valence-corrected chi connectivity index (χ2v) is 9.05. The van der Waals surface area contributed by atoms with E-state index in [0.29, 0.717) is 0 Å². The van der Waals surface area contributed by atoms with Crippen LogP contribution in [0.15, 0.2) is 66.7 Å². The molecule has 26 heavy (non-hydrogen) atoms. The topological polar surface area (TPSA) is 0 Å². The minimum Gasteiger partial charge on any atom is -0.0622 e. The van der Waals surface area contributed by atoms with Crippen LogP contribution in [0.3, 0.4) is 0 Å². The van der Waals surface area contributed by atoms with Crippen molar-refractivity contribution < 1.29 is 0 Å². The Hall–Kier alpha value is -2.34. The molecule has 0 spiro atoms. The molecule has 0 amide bonds. The quantitative estimate of drug-likeness (QED) is 0.455. The van der Waals surface area contributed by atoms with Crippen LogP contribution in [0.1, 0.15) is 52.7 Å². The van der Waals surface area contributed by atoms with Gasteiger partial charge in [-0.1, -0.05) is 108 Å². The van der Waals surface area contributed by atoms with E-state index in [1.807, 2.05) is 6.07 Å². The van der Waals surface area contributed by atoms with Crippen LogP contribution in [0.2, 0.25) is 0 Å². The van der Waals surface area contributed by atoms with Gasteiger partial charge in [0, 0.05) is 0 Å². The first-order valence-corrected chi connectivity index (χ1v) is 9.40. The lowest BCUT2D eigenvalue weighted by molar-refractivity contribution is 0.531. The van der Waals surface area contributed by atoms with Gasteiger partial charge in [0.05, 0.1) is 0 Å². The highest BCUT2D eigenvalue weighted by molar-refractivity contribution is 5.85. The van der Waals surface area contributed by atoms with Gasteiger partial charge < -0.3 is 0 Å². The van der Waals surface area contributed by atoms with Crippen molar-refractivity contribution in [2.75, 3.05) is 0 Å². The lowest BCUT2D eigenvalue weighted by atomic mass is 9.72. The van der Waals surface area contributed by atoms with Gasteiger partial charge in [0.2, 0.25) is 0 Å². The van der Waals surface area contributed by atoms with E-state index in [1.165, 1.54) is 33.4 Å². The molecule has 0 unspecified atom stereocenters. The van der Waals surface area contributed by atoms with Crippen molar-refractivity contribution >= 4 is 0 Å². The van der Waals surface area contributed by atoms with Crippen LogP contribution in [0, 0.1) is 6.07 Å². The van der Waals surface area contributed by atoms with E-state index in [2.05, 4.69) is 108 Å². The monoisotopic (exact) mass is 341 g/mol. The maximum Gasteiger partial charge on any atom is -0.00265 e. The van der Waals surface area contributed by atoms with Crippen LogP contribution < -0.4 is 0 Å². The third-order valence-corrected chi connectivity index (χ3v) is 4.83. The zero-order valence-corrected chi connectivity index (χ0v) is 16.9. The summed E-state index contributed by atoms with van der Waals surface area (Å²) in [5.74, 6) is 0. The molecule has 3 aromatic carbocycles. The number of hydrogen-bond acceptors (Lipinski definition) is 0. The van der Waals surface area contributed by atoms with E-state index >= 15 is 0 Å². The Morgan fingerprint density at radius 3 is 1.88 bits per heavy atom. The fraction of sp³-hybridized carbons (Fsp3) is 0.308. The zero-order valence-electron chi connectivity index (χ0n) is 16.9.